The van der Waals surface area contributed by atoms with E-state index in [0.29, 0.717) is 5.78 Å². The molecule has 104 valence electrons. The minimum absolute atomic E-state index is 0.334. The fraction of sp³-hybridized carbons (Fsp3) is 0.706. The van der Waals surface area contributed by atoms with Gasteiger partial charge in [0.1, 0.15) is 5.78 Å². The lowest BCUT2D eigenvalue weighted by Gasteiger charge is -2.01. The summed E-state index contributed by atoms with van der Waals surface area (Å²) in [5.41, 5.74) is 0. The molecule has 0 saturated carbocycles. The maximum Gasteiger partial charge on any atom is 0.129 e. The van der Waals surface area contributed by atoms with Gasteiger partial charge in [0, 0.05) is 6.42 Å². The van der Waals surface area contributed by atoms with Gasteiger partial charge in [-0.25, -0.2) is 0 Å². The third-order valence-corrected chi connectivity index (χ3v) is 3.17. The monoisotopic (exact) mass is 250 g/mol. The van der Waals surface area contributed by atoms with E-state index in [1.807, 2.05) is 12.2 Å². The first kappa shape index (κ1) is 17.2. The molecule has 0 bridgehead atoms. The van der Waals surface area contributed by atoms with Crippen LogP contribution in [0.5, 0.6) is 0 Å². The lowest BCUT2D eigenvalue weighted by atomic mass is 10.1. The van der Waals surface area contributed by atoms with Crippen LogP contribution in [0, 0.1) is 0 Å². The molecule has 0 amide bonds. The topological polar surface area (TPSA) is 17.1 Å². The standard InChI is InChI=1S/C17H30O/c1-3-4-5-6-7-8-9-10-11-12-13-14-15-16-17(2)18/h3-5H,1,6-16H2,2H3. The molecule has 0 rings (SSSR count). The number of unbranched alkanes of at least 4 members (excludes halogenated alkanes) is 9. The second-order valence-corrected chi connectivity index (χ2v) is 5.09. The Morgan fingerprint density at radius 1 is 0.889 bits per heavy atom. The minimum atomic E-state index is 0.334. The molecule has 0 aromatic rings. The fourth-order valence-corrected chi connectivity index (χ4v) is 2.07. The van der Waals surface area contributed by atoms with E-state index in [9.17, 15) is 4.79 Å². The first-order chi connectivity index (χ1) is 8.77. The highest BCUT2D eigenvalue weighted by atomic mass is 16.1. The molecule has 0 radical (unpaired) electrons. The second kappa shape index (κ2) is 14.2. The van der Waals surface area contributed by atoms with E-state index in [1.54, 1.807) is 6.92 Å². The van der Waals surface area contributed by atoms with E-state index in [4.69, 9.17) is 0 Å². The molecule has 0 N–H and O–H groups in total. The van der Waals surface area contributed by atoms with Crippen LogP contribution >= 0.6 is 0 Å². The number of allylic oxidation sites excluding steroid dienone is 3. The summed E-state index contributed by atoms with van der Waals surface area (Å²) in [5.74, 6) is 0.334. The molecule has 0 atom stereocenters. The Morgan fingerprint density at radius 2 is 1.39 bits per heavy atom. The zero-order valence-corrected chi connectivity index (χ0v) is 12.1. The lowest BCUT2D eigenvalue weighted by Crippen LogP contribution is -1.89. The van der Waals surface area contributed by atoms with Crippen molar-refractivity contribution in [2.45, 2.75) is 77.6 Å². The minimum Gasteiger partial charge on any atom is -0.300 e. The average Bonchev–Trinajstić information content (AvgIpc) is 2.34. The number of carbonyl (C=O) groups excluding carboxylic acids is 1. The Labute approximate surface area is 113 Å². The molecule has 0 spiro atoms. The van der Waals surface area contributed by atoms with E-state index in [2.05, 4.69) is 12.7 Å². The van der Waals surface area contributed by atoms with Crippen LogP contribution in [0.2, 0.25) is 0 Å². The maximum atomic E-state index is 10.7. The second-order valence-electron chi connectivity index (χ2n) is 5.09. The van der Waals surface area contributed by atoms with Crippen LogP contribution in [0.4, 0.5) is 0 Å². The summed E-state index contributed by atoms with van der Waals surface area (Å²) in [6.07, 6.45) is 19.8. The van der Waals surface area contributed by atoms with Gasteiger partial charge in [-0.15, -0.1) is 0 Å². The van der Waals surface area contributed by atoms with Gasteiger partial charge in [-0.05, 0) is 26.2 Å². The van der Waals surface area contributed by atoms with Crippen molar-refractivity contribution < 1.29 is 4.79 Å². The number of ketones is 1. The van der Waals surface area contributed by atoms with Crippen LogP contribution in [0.3, 0.4) is 0 Å². The van der Waals surface area contributed by atoms with Crippen molar-refractivity contribution in [3.05, 3.63) is 24.8 Å². The average molecular weight is 250 g/mol. The van der Waals surface area contributed by atoms with Crippen molar-refractivity contribution in [1.29, 1.82) is 0 Å². The van der Waals surface area contributed by atoms with Crippen molar-refractivity contribution in [2.24, 2.45) is 0 Å². The first-order valence-corrected chi connectivity index (χ1v) is 7.54. The summed E-state index contributed by atoms with van der Waals surface area (Å²) in [6, 6.07) is 0. The third-order valence-electron chi connectivity index (χ3n) is 3.17. The van der Waals surface area contributed by atoms with Crippen LogP contribution in [-0.2, 0) is 4.79 Å². The molecule has 0 heterocycles. The molecule has 0 aromatic carbocycles. The molecular weight excluding hydrogens is 220 g/mol. The van der Waals surface area contributed by atoms with Gasteiger partial charge in [-0.1, -0.05) is 69.8 Å². The molecule has 0 saturated heterocycles. The molecule has 0 aliphatic carbocycles. The number of hydrogen-bond acceptors (Lipinski definition) is 1. The predicted molar refractivity (Wildman–Crippen MR) is 80.8 cm³/mol. The zero-order valence-electron chi connectivity index (χ0n) is 12.1. The highest BCUT2D eigenvalue weighted by Crippen LogP contribution is 2.11. The third kappa shape index (κ3) is 15.1. The summed E-state index contributed by atoms with van der Waals surface area (Å²) < 4.78 is 0. The number of carbonyl (C=O) groups is 1. The summed E-state index contributed by atoms with van der Waals surface area (Å²) in [4.78, 5) is 10.7. The Bertz CT molecular complexity index is 228. The number of hydrogen-bond donors (Lipinski definition) is 0. The molecular formula is C17H30O. The molecule has 0 aromatic heterocycles. The fourth-order valence-electron chi connectivity index (χ4n) is 2.07. The smallest absolute Gasteiger partial charge is 0.129 e. The molecule has 0 fully saturated rings. The van der Waals surface area contributed by atoms with Crippen LogP contribution in [0.25, 0.3) is 0 Å². The van der Waals surface area contributed by atoms with Crippen LogP contribution in [0.1, 0.15) is 77.6 Å². The molecule has 1 heteroatoms. The summed E-state index contributed by atoms with van der Waals surface area (Å²) in [6.45, 7) is 5.34. The summed E-state index contributed by atoms with van der Waals surface area (Å²) in [7, 11) is 0. The largest absolute Gasteiger partial charge is 0.300 e. The number of Topliss-reactive ketones (excluding diaryl/α,β-unsaturated/α-hetero) is 1. The maximum absolute atomic E-state index is 10.7. The molecule has 0 unspecified atom stereocenters. The van der Waals surface area contributed by atoms with E-state index in [1.165, 1.54) is 57.8 Å². The molecule has 1 nitrogen and oxygen atoms in total. The summed E-state index contributed by atoms with van der Waals surface area (Å²) in [5, 5.41) is 0. The van der Waals surface area contributed by atoms with Gasteiger partial charge in [0.05, 0.1) is 0 Å². The van der Waals surface area contributed by atoms with Gasteiger partial charge in [0.25, 0.3) is 0 Å². The SMILES string of the molecule is C=CC=CCCCCCCCCCCCC(C)=O. The van der Waals surface area contributed by atoms with E-state index in [0.717, 1.165) is 12.8 Å². The van der Waals surface area contributed by atoms with Gasteiger partial charge in [0.2, 0.25) is 0 Å². The van der Waals surface area contributed by atoms with Crippen molar-refractivity contribution in [3.63, 3.8) is 0 Å². The first-order valence-electron chi connectivity index (χ1n) is 7.54. The van der Waals surface area contributed by atoms with E-state index < -0.39 is 0 Å². The van der Waals surface area contributed by atoms with Gasteiger partial charge in [-0.3, -0.25) is 0 Å². The number of rotatable bonds is 13. The molecule has 0 aliphatic rings. The Kier molecular flexibility index (Phi) is 13.5. The van der Waals surface area contributed by atoms with Crippen LogP contribution in [0.15, 0.2) is 24.8 Å². The van der Waals surface area contributed by atoms with Gasteiger partial charge < -0.3 is 4.79 Å². The Morgan fingerprint density at radius 3 is 1.89 bits per heavy atom. The van der Waals surface area contributed by atoms with Crippen molar-refractivity contribution >= 4 is 5.78 Å². The Balaban J connectivity index is 3.01. The van der Waals surface area contributed by atoms with Crippen LogP contribution < -0.4 is 0 Å². The molecule has 0 aliphatic heterocycles. The Hall–Kier alpha value is -0.850. The lowest BCUT2D eigenvalue weighted by molar-refractivity contribution is -0.117. The normalized spacial score (nSPS) is 10.9. The van der Waals surface area contributed by atoms with E-state index in [-0.39, 0.29) is 0 Å². The van der Waals surface area contributed by atoms with Gasteiger partial charge in [-0.2, -0.15) is 0 Å². The highest BCUT2D eigenvalue weighted by molar-refractivity contribution is 5.75. The van der Waals surface area contributed by atoms with Crippen molar-refractivity contribution in [2.75, 3.05) is 0 Å². The summed E-state index contributed by atoms with van der Waals surface area (Å²) >= 11 is 0. The van der Waals surface area contributed by atoms with E-state index >= 15 is 0 Å². The van der Waals surface area contributed by atoms with Crippen LogP contribution in [-0.4, -0.2) is 5.78 Å². The highest BCUT2D eigenvalue weighted by Gasteiger charge is 1.94. The zero-order chi connectivity index (χ0) is 13.5. The van der Waals surface area contributed by atoms with Crippen molar-refractivity contribution in [1.82, 2.24) is 0 Å². The van der Waals surface area contributed by atoms with Crippen molar-refractivity contribution in [3.8, 4) is 0 Å². The van der Waals surface area contributed by atoms with Gasteiger partial charge >= 0.3 is 0 Å². The van der Waals surface area contributed by atoms with Gasteiger partial charge in [0.15, 0.2) is 0 Å². The quantitative estimate of drug-likeness (QED) is 0.307. The molecule has 18 heavy (non-hydrogen) atoms. The predicted octanol–water partition coefficient (Wildman–Crippen LogP) is 5.61.